The van der Waals surface area contributed by atoms with Crippen molar-refractivity contribution >= 4 is 17.2 Å². The largest absolute Gasteiger partial charge is 0.353 e. The molecule has 17 heavy (non-hydrogen) atoms. The average Bonchev–Trinajstić information content (AvgIpc) is 2.78. The highest BCUT2D eigenvalue weighted by Crippen LogP contribution is 2.09. The molecule has 4 heteroatoms. The molecule has 0 saturated heterocycles. The van der Waals surface area contributed by atoms with Crippen LogP contribution in [0.5, 0.6) is 0 Å². The monoisotopic (exact) mass is 254 g/mol. The quantitative estimate of drug-likeness (QED) is 0.783. The van der Waals surface area contributed by atoms with E-state index in [1.54, 1.807) is 11.3 Å². The smallest absolute Gasteiger partial charge is 0.220 e. The van der Waals surface area contributed by atoms with Crippen LogP contribution in [0.1, 0.15) is 32.3 Å². The van der Waals surface area contributed by atoms with Crippen LogP contribution >= 0.6 is 11.3 Å². The maximum Gasteiger partial charge on any atom is 0.220 e. The summed E-state index contributed by atoms with van der Waals surface area (Å²) in [6, 6.07) is 2.30. The van der Waals surface area contributed by atoms with Gasteiger partial charge in [0, 0.05) is 12.5 Å². The molecule has 0 aliphatic carbocycles. The molecule has 2 atom stereocenters. The molecule has 0 aliphatic rings. The van der Waals surface area contributed by atoms with E-state index in [0.717, 1.165) is 12.8 Å². The van der Waals surface area contributed by atoms with Gasteiger partial charge in [-0.3, -0.25) is 4.79 Å². The van der Waals surface area contributed by atoms with Crippen LogP contribution in [-0.2, 0) is 11.2 Å². The number of carbonyl (C=O) groups is 1. The van der Waals surface area contributed by atoms with Gasteiger partial charge >= 0.3 is 0 Å². The summed E-state index contributed by atoms with van der Waals surface area (Å²) in [5, 5.41) is 7.21. The molecule has 3 nitrogen and oxygen atoms in total. The van der Waals surface area contributed by atoms with Crippen molar-refractivity contribution < 1.29 is 4.79 Å². The minimum Gasteiger partial charge on any atom is -0.353 e. The molecule has 3 N–H and O–H groups in total. The van der Waals surface area contributed by atoms with Crippen LogP contribution in [0.25, 0.3) is 0 Å². The molecule has 1 rings (SSSR count). The first-order valence-electron chi connectivity index (χ1n) is 6.12. The van der Waals surface area contributed by atoms with Crippen LogP contribution < -0.4 is 11.1 Å². The van der Waals surface area contributed by atoms with Gasteiger partial charge in [-0.15, -0.1) is 0 Å². The van der Waals surface area contributed by atoms with Gasteiger partial charge in [0.15, 0.2) is 0 Å². The van der Waals surface area contributed by atoms with Gasteiger partial charge < -0.3 is 11.1 Å². The number of amides is 1. The predicted octanol–water partition coefficient (Wildman–Crippen LogP) is 2.17. The number of carbonyl (C=O) groups excluding carboxylic acids is 1. The van der Waals surface area contributed by atoms with Gasteiger partial charge in [-0.25, -0.2) is 0 Å². The Hall–Kier alpha value is -0.870. The van der Waals surface area contributed by atoms with Crippen LogP contribution in [0, 0.1) is 5.92 Å². The summed E-state index contributed by atoms with van der Waals surface area (Å²) in [5.41, 5.74) is 6.81. The molecule has 0 aromatic carbocycles. The fourth-order valence-electron chi connectivity index (χ4n) is 1.66. The standard InChI is InChI=1S/C13H22N2OS/c1-10(8-14)3-4-13(16)15-11(2)7-12-5-6-17-9-12/h5-6,9-11H,3-4,7-8,14H2,1-2H3,(H,15,16). The van der Waals surface area contributed by atoms with Crippen LogP contribution in [0.4, 0.5) is 0 Å². The average molecular weight is 254 g/mol. The Balaban J connectivity index is 2.21. The lowest BCUT2D eigenvalue weighted by atomic mass is 10.1. The molecule has 0 fully saturated rings. The highest BCUT2D eigenvalue weighted by Gasteiger charge is 2.09. The Kier molecular flexibility index (Phi) is 6.22. The van der Waals surface area contributed by atoms with E-state index in [1.807, 2.05) is 6.92 Å². The van der Waals surface area contributed by atoms with Gasteiger partial charge in [0.2, 0.25) is 5.91 Å². The van der Waals surface area contributed by atoms with Gasteiger partial charge in [0.25, 0.3) is 0 Å². The van der Waals surface area contributed by atoms with Gasteiger partial charge in [-0.05, 0) is 54.6 Å². The molecular formula is C13H22N2OS. The van der Waals surface area contributed by atoms with Crippen molar-refractivity contribution in [3.05, 3.63) is 22.4 Å². The van der Waals surface area contributed by atoms with Crippen molar-refractivity contribution in [3.63, 3.8) is 0 Å². The molecule has 1 aromatic rings. The van der Waals surface area contributed by atoms with Gasteiger partial charge in [0.05, 0.1) is 0 Å². The second kappa shape index (κ2) is 7.45. The van der Waals surface area contributed by atoms with Crippen molar-refractivity contribution in [2.75, 3.05) is 6.54 Å². The van der Waals surface area contributed by atoms with Crippen molar-refractivity contribution in [1.82, 2.24) is 5.32 Å². The third kappa shape index (κ3) is 5.84. The molecule has 2 unspecified atom stereocenters. The van der Waals surface area contributed by atoms with E-state index in [2.05, 4.69) is 29.1 Å². The topological polar surface area (TPSA) is 55.1 Å². The number of hydrogen-bond donors (Lipinski definition) is 2. The Labute approximate surface area is 107 Å². The molecule has 1 aromatic heterocycles. The molecule has 0 aliphatic heterocycles. The number of thiophene rings is 1. The van der Waals surface area contributed by atoms with Crippen LogP contribution in [0.2, 0.25) is 0 Å². The predicted molar refractivity (Wildman–Crippen MR) is 73.1 cm³/mol. The van der Waals surface area contributed by atoms with E-state index in [9.17, 15) is 4.79 Å². The third-order valence-electron chi connectivity index (χ3n) is 2.80. The first-order valence-corrected chi connectivity index (χ1v) is 7.06. The molecule has 0 saturated carbocycles. The molecule has 0 spiro atoms. The van der Waals surface area contributed by atoms with Crippen molar-refractivity contribution in [2.45, 2.75) is 39.2 Å². The lowest BCUT2D eigenvalue weighted by Crippen LogP contribution is -2.34. The summed E-state index contributed by atoms with van der Waals surface area (Å²) in [7, 11) is 0. The fraction of sp³-hybridized carbons (Fsp3) is 0.615. The summed E-state index contributed by atoms with van der Waals surface area (Å²) in [6.07, 6.45) is 2.35. The summed E-state index contributed by atoms with van der Waals surface area (Å²) in [6.45, 7) is 4.77. The third-order valence-corrected chi connectivity index (χ3v) is 3.53. The van der Waals surface area contributed by atoms with E-state index in [0.29, 0.717) is 18.9 Å². The van der Waals surface area contributed by atoms with Crippen molar-refractivity contribution in [3.8, 4) is 0 Å². The Morgan fingerprint density at radius 1 is 1.53 bits per heavy atom. The highest BCUT2D eigenvalue weighted by molar-refractivity contribution is 7.07. The number of rotatable bonds is 7. The Bertz CT molecular complexity index is 324. The summed E-state index contributed by atoms with van der Waals surface area (Å²) < 4.78 is 0. The van der Waals surface area contributed by atoms with E-state index in [4.69, 9.17) is 5.73 Å². The van der Waals surface area contributed by atoms with Crippen molar-refractivity contribution in [2.24, 2.45) is 11.7 Å². The zero-order valence-corrected chi connectivity index (χ0v) is 11.4. The zero-order valence-electron chi connectivity index (χ0n) is 10.6. The van der Waals surface area contributed by atoms with Crippen molar-refractivity contribution in [1.29, 1.82) is 0 Å². The summed E-state index contributed by atoms with van der Waals surface area (Å²) in [4.78, 5) is 11.7. The van der Waals surface area contributed by atoms with Crippen LogP contribution in [0.15, 0.2) is 16.8 Å². The van der Waals surface area contributed by atoms with E-state index in [-0.39, 0.29) is 11.9 Å². The molecule has 0 bridgehead atoms. The molecule has 0 radical (unpaired) electrons. The van der Waals surface area contributed by atoms with Gasteiger partial charge in [-0.2, -0.15) is 11.3 Å². The summed E-state index contributed by atoms with van der Waals surface area (Å²) >= 11 is 1.69. The minimum atomic E-state index is 0.132. The maximum atomic E-state index is 11.7. The second-order valence-electron chi connectivity index (χ2n) is 4.68. The molecule has 1 amide bonds. The zero-order chi connectivity index (χ0) is 12.7. The molecule has 96 valence electrons. The minimum absolute atomic E-state index is 0.132. The van der Waals surface area contributed by atoms with E-state index < -0.39 is 0 Å². The number of hydrogen-bond acceptors (Lipinski definition) is 3. The normalized spacial score (nSPS) is 14.3. The lowest BCUT2D eigenvalue weighted by Gasteiger charge is -2.14. The van der Waals surface area contributed by atoms with E-state index in [1.165, 1.54) is 5.56 Å². The van der Waals surface area contributed by atoms with Crippen LogP contribution in [0.3, 0.4) is 0 Å². The Morgan fingerprint density at radius 3 is 2.88 bits per heavy atom. The number of nitrogens with two attached hydrogens (primary N) is 1. The van der Waals surface area contributed by atoms with E-state index >= 15 is 0 Å². The first kappa shape index (κ1) is 14.2. The maximum absolute atomic E-state index is 11.7. The molecule has 1 heterocycles. The van der Waals surface area contributed by atoms with Gasteiger partial charge in [-0.1, -0.05) is 6.92 Å². The summed E-state index contributed by atoms with van der Waals surface area (Å²) in [5.74, 6) is 0.556. The number of nitrogens with one attached hydrogen (secondary N) is 1. The SMILES string of the molecule is CC(CN)CCC(=O)NC(C)Cc1ccsc1. The van der Waals surface area contributed by atoms with Gasteiger partial charge in [0.1, 0.15) is 0 Å². The molecular weight excluding hydrogens is 232 g/mol. The lowest BCUT2D eigenvalue weighted by molar-refractivity contribution is -0.121. The van der Waals surface area contributed by atoms with Crippen LogP contribution in [-0.4, -0.2) is 18.5 Å². The first-order chi connectivity index (χ1) is 8.11. The highest BCUT2D eigenvalue weighted by atomic mass is 32.1. The Morgan fingerprint density at radius 2 is 2.29 bits per heavy atom. The fourth-order valence-corrected chi connectivity index (χ4v) is 2.34. The second-order valence-corrected chi connectivity index (χ2v) is 5.46.